The van der Waals surface area contributed by atoms with E-state index in [-0.39, 0.29) is 6.10 Å². The molecule has 0 aliphatic heterocycles. The largest absolute Gasteiger partial charge is 0.495 e. The number of rotatable bonds is 3. The summed E-state index contributed by atoms with van der Waals surface area (Å²) in [5, 5.41) is 10.00. The first kappa shape index (κ1) is 9.99. The number of benzene rings is 1. The Balaban J connectivity index is 2.35. The molecule has 1 aliphatic carbocycles. The van der Waals surface area contributed by atoms with Crippen LogP contribution in [0.2, 0.25) is 0 Å². The first-order valence-corrected chi connectivity index (χ1v) is 5.54. The molecule has 1 aromatic carbocycles. The summed E-state index contributed by atoms with van der Waals surface area (Å²) in [7, 11) is 1.63. The van der Waals surface area contributed by atoms with Crippen molar-refractivity contribution in [3.63, 3.8) is 0 Å². The topological polar surface area (TPSA) is 29.5 Å². The zero-order valence-corrected chi connectivity index (χ0v) is 9.62. The maximum Gasteiger partial charge on any atom is 0.138 e. The minimum atomic E-state index is -0.373. The van der Waals surface area contributed by atoms with E-state index < -0.39 is 0 Å². The number of ether oxygens (including phenoxy) is 1. The molecule has 14 heavy (non-hydrogen) atoms. The van der Waals surface area contributed by atoms with Crippen molar-refractivity contribution in [2.24, 2.45) is 5.92 Å². The van der Waals surface area contributed by atoms with Gasteiger partial charge in [0.15, 0.2) is 0 Å². The Morgan fingerprint density at radius 3 is 2.79 bits per heavy atom. The summed E-state index contributed by atoms with van der Waals surface area (Å²) in [5.74, 6) is 1.19. The van der Waals surface area contributed by atoms with Crippen molar-refractivity contribution in [3.8, 4) is 5.75 Å². The van der Waals surface area contributed by atoms with E-state index in [2.05, 4.69) is 15.9 Å². The van der Waals surface area contributed by atoms with Gasteiger partial charge in [0.25, 0.3) is 0 Å². The Bertz CT molecular complexity index is 334. The summed E-state index contributed by atoms with van der Waals surface area (Å²) >= 11 is 3.41. The van der Waals surface area contributed by atoms with Gasteiger partial charge in [-0.05, 0) is 40.8 Å². The fourth-order valence-corrected chi connectivity index (χ4v) is 2.18. The van der Waals surface area contributed by atoms with Crippen molar-refractivity contribution in [1.82, 2.24) is 0 Å². The molecule has 1 saturated carbocycles. The van der Waals surface area contributed by atoms with Gasteiger partial charge in [-0.15, -0.1) is 0 Å². The van der Waals surface area contributed by atoms with Crippen molar-refractivity contribution < 1.29 is 9.84 Å². The molecule has 3 heteroatoms. The molecule has 1 unspecified atom stereocenters. The van der Waals surface area contributed by atoms with Crippen molar-refractivity contribution in [2.75, 3.05) is 7.11 Å². The number of para-hydroxylation sites is 1. The van der Waals surface area contributed by atoms with E-state index in [1.54, 1.807) is 7.11 Å². The summed E-state index contributed by atoms with van der Waals surface area (Å²) in [5.41, 5.74) is 0.893. The lowest BCUT2D eigenvalue weighted by Gasteiger charge is -2.15. The lowest BCUT2D eigenvalue weighted by molar-refractivity contribution is 0.150. The van der Waals surface area contributed by atoms with Gasteiger partial charge in [-0.1, -0.05) is 12.1 Å². The highest BCUT2D eigenvalue weighted by atomic mass is 79.9. The van der Waals surface area contributed by atoms with Crippen LogP contribution in [-0.4, -0.2) is 12.2 Å². The van der Waals surface area contributed by atoms with Gasteiger partial charge in [-0.3, -0.25) is 0 Å². The standard InChI is InChI=1S/C11H13BrO2/c1-14-11-8(3-2-4-9(11)12)10(13)7-5-6-7/h2-4,7,10,13H,5-6H2,1H3. The van der Waals surface area contributed by atoms with Crippen LogP contribution in [0.5, 0.6) is 5.75 Å². The lowest BCUT2D eigenvalue weighted by Crippen LogP contribution is -2.02. The van der Waals surface area contributed by atoms with Crippen molar-refractivity contribution in [1.29, 1.82) is 0 Å². The van der Waals surface area contributed by atoms with E-state index >= 15 is 0 Å². The first-order valence-electron chi connectivity index (χ1n) is 4.74. The molecule has 1 atom stereocenters. The quantitative estimate of drug-likeness (QED) is 0.902. The minimum Gasteiger partial charge on any atom is -0.495 e. The third kappa shape index (κ3) is 1.79. The van der Waals surface area contributed by atoms with Gasteiger partial charge in [-0.2, -0.15) is 0 Å². The first-order chi connectivity index (χ1) is 6.74. The highest BCUT2D eigenvalue weighted by Gasteiger charge is 2.32. The summed E-state index contributed by atoms with van der Waals surface area (Å²) in [6.45, 7) is 0. The molecular weight excluding hydrogens is 244 g/mol. The van der Waals surface area contributed by atoms with E-state index in [0.717, 1.165) is 28.6 Å². The fraction of sp³-hybridized carbons (Fsp3) is 0.455. The summed E-state index contributed by atoms with van der Waals surface area (Å²) in [4.78, 5) is 0. The number of aliphatic hydroxyl groups is 1. The normalized spacial score (nSPS) is 17.9. The van der Waals surface area contributed by atoms with Gasteiger partial charge in [0.1, 0.15) is 5.75 Å². The van der Waals surface area contributed by atoms with Crippen LogP contribution < -0.4 is 4.74 Å². The van der Waals surface area contributed by atoms with Crippen LogP contribution in [0.15, 0.2) is 22.7 Å². The second-order valence-electron chi connectivity index (χ2n) is 3.64. The van der Waals surface area contributed by atoms with Gasteiger partial charge in [0.05, 0.1) is 17.7 Å². The molecule has 1 aliphatic rings. The van der Waals surface area contributed by atoms with E-state index in [9.17, 15) is 5.11 Å². The predicted octanol–water partition coefficient (Wildman–Crippen LogP) is 2.90. The van der Waals surface area contributed by atoms with E-state index in [4.69, 9.17) is 4.74 Å². The summed E-state index contributed by atoms with van der Waals surface area (Å²) in [6.07, 6.45) is 1.87. The Morgan fingerprint density at radius 2 is 2.21 bits per heavy atom. The Morgan fingerprint density at radius 1 is 1.50 bits per heavy atom. The van der Waals surface area contributed by atoms with Crippen LogP contribution in [-0.2, 0) is 0 Å². The summed E-state index contributed by atoms with van der Waals surface area (Å²) in [6, 6.07) is 5.77. The second-order valence-corrected chi connectivity index (χ2v) is 4.50. The van der Waals surface area contributed by atoms with Gasteiger partial charge in [0.2, 0.25) is 0 Å². The maximum absolute atomic E-state index is 10.00. The van der Waals surface area contributed by atoms with Crippen LogP contribution >= 0.6 is 15.9 Å². The van der Waals surface area contributed by atoms with Crippen LogP contribution in [0, 0.1) is 5.92 Å². The average Bonchev–Trinajstić information content (AvgIpc) is 2.99. The fourth-order valence-electron chi connectivity index (χ4n) is 1.64. The molecule has 1 fully saturated rings. The molecule has 76 valence electrons. The van der Waals surface area contributed by atoms with Gasteiger partial charge < -0.3 is 9.84 Å². The number of halogens is 1. The highest BCUT2D eigenvalue weighted by molar-refractivity contribution is 9.10. The van der Waals surface area contributed by atoms with Crippen molar-refractivity contribution in [3.05, 3.63) is 28.2 Å². The molecule has 0 bridgehead atoms. The average molecular weight is 257 g/mol. The molecule has 1 N–H and O–H groups in total. The van der Waals surface area contributed by atoms with Crippen LogP contribution in [0.25, 0.3) is 0 Å². The molecule has 1 aromatic rings. The molecule has 0 aromatic heterocycles. The SMILES string of the molecule is COc1c(Br)cccc1C(O)C1CC1. The molecule has 0 radical (unpaired) electrons. The second kappa shape index (κ2) is 3.91. The molecule has 0 spiro atoms. The van der Waals surface area contributed by atoms with Crippen LogP contribution in [0.1, 0.15) is 24.5 Å². The molecule has 0 heterocycles. The summed E-state index contributed by atoms with van der Waals surface area (Å²) < 4.78 is 6.17. The number of aliphatic hydroxyl groups excluding tert-OH is 1. The minimum absolute atomic E-state index is 0.373. The van der Waals surface area contributed by atoms with E-state index in [1.165, 1.54) is 0 Å². The smallest absolute Gasteiger partial charge is 0.138 e. The number of methoxy groups -OCH3 is 1. The molecular formula is C11H13BrO2. The molecule has 0 saturated heterocycles. The van der Waals surface area contributed by atoms with Crippen LogP contribution in [0.4, 0.5) is 0 Å². The number of hydrogen-bond acceptors (Lipinski definition) is 2. The maximum atomic E-state index is 10.00. The lowest BCUT2D eigenvalue weighted by atomic mass is 10.0. The molecule has 2 nitrogen and oxygen atoms in total. The number of hydrogen-bond donors (Lipinski definition) is 1. The van der Waals surface area contributed by atoms with E-state index in [1.807, 2.05) is 18.2 Å². The Hall–Kier alpha value is -0.540. The van der Waals surface area contributed by atoms with E-state index in [0.29, 0.717) is 5.92 Å². The molecule has 2 rings (SSSR count). The monoisotopic (exact) mass is 256 g/mol. The Labute approximate surface area is 92.0 Å². The Kier molecular flexibility index (Phi) is 2.79. The molecule has 0 amide bonds. The van der Waals surface area contributed by atoms with Crippen molar-refractivity contribution >= 4 is 15.9 Å². The third-order valence-electron chi connectivity index (χ3n) is 2.59. The zero-order chi connectivity index (χ0) is 10.1. The van der Waals surface area contributed by atoms with Crippen molar-refractivity contribution in [2.45, 2.75) is 18.9 Å². The third-order valence-corrected chi connectivity index (χ3v) is 3.21. The zero-order valence-electron chi connectivity index (χ0n) is 8.03. The predicted molar refractivity (Wildman–Crippen MR) is 58.4 cm³/mol. The van der Waals surface area contributed by atoms with Gasteiger partial charge in [0, 0.05) is 5.56 Å². The van der Waals surface area contributed by atoms with Crippen LogP contribution in [0.3, 0.4) is 0 Å². The highest BCUT2D eigenvalue weighted by Crippen LogP contribution is 2.44. The van der Waals surface area contributed by atoms with Gasteiger partial charge in [-0.25, -0.2) is 0 Å². The van der Waals surface area contributed by atoms with Gasteiger partial charge >= 0.3 is 0 Å².